The standard InChI is InChI=1S/C39H69NO2/c1-5-7-9-11-13-15-17-19-21-23-25-27-29-31-33-35-41-38-39(37-40(3)4)42-36-34-32-30-28-26-24-22-20-18-16-14-12-10-8-6-2/h5-8,11-14,17-20,39H,9-10,15-16,21-38H2,1-4H3/b7-5-,8-6-,13-11-,14-12-,19-17-,20-18-. The molecule has 0 amide bonds. The summed E-state index contributed by atoms with van der Waals surface area (Å²) < 4.78 is 12.2. The van der Waals surface area contributed by atoms with Crippen LogP contribution in [0.25, 0.3) is 0 Å². The minimum Gasteiger partial charge on any atom is -0.379 e. The van der Waals surface area contributed by atoms with Crippen molar-refractivity contribution in [3.05, 3.63) is 72.9 Å². The summed E-state index contributed by atoms with van der Waals surface area (Å²) in [6, 6.07) is 0. The lowest BCUT2D eigenvalue weighted by molar-refractivity contribution is -0.0287. The van der Waals surface area contributed by atoms with E-state index in [4.69, 9.17) is 9.47 Å². The first kappa shape index (κ1) is 40.3. The summed E-state index contributed by atoms with van der Waals surface area (Å²) in [6.07, 6.45) is 49.2. The maximum absolute atomic E-state index is 6.20. The van der Waals surface area contributed by atoms with Crippen molar-refractivity contribution in [3.8, 4) is 0 Å². The van der Waals surface area contributed by atoms with Gasteiger partial charge in [-0.25, -0.2) is 0 Å². The molecule has 0 aromatic carbocycles. The van der Waals surface area contributed by atoms with E-state index in [1.807, 2.05) is 0 Å². The van der Waals surface area contributed by atoms with E-state index in [1.165, 1.54) is 77.0 Å². The molecule has 0 aliphatic heterocycles. The van der Waals surface area contributed by atoms with E-state index in [2.05, 4.69) is 106 Å². The molecule has 1 unspecified atom stereocenters. The zero-order valence-corrected chi connectivity index (χ0v) is 28.3. The zero-order valence-electron chi connectivity index (χ0n) is 28.3. The second-order valence-corrected chi connectivity index (χ2v) is 11.6. The van der Waals surface area contributed by atoms with Crippen LogP contribution in [0.5, 0.6) is 0 Å². The van der Waals surface area contributed by atoms with Crippen molar-refractivity contribution in [2.45, 2.75) is 136 Å². The molecule has 0 N–H and O–H groups in total. The van der Waals surface area contributed by atoms with Gasteiger partial charge in [0.1, 0.15) is 0 Å². The Morgan fingerprint density at radius 2 is 0.881 bits per heavy atom. The summed E-state index contributed by atoms with van der Waals surface area (Å²) in [5, 5.41) is 0. The lowest BCUT2D eigenvalue weighted by Gasteiger charge is -2.21. The second kappa shape index (κ2) is 35.5. The minimum absolute atomic E-state index is 0.182. The molecule has 0 heterocycles. The van der Waals surface area contributed by atoms with Crippen LogP contribution < -0.4 is 0 Å². The van der Waals surface area contributed by atoms with Crippen molar-refractivity contribution in [3.63, 3.8) is 0 Å². The van der Waals surface area contributed by atoms with Crippen molar-refractivity contribution in [2.75, 3.05) is 40.5 Å². The molecular formula is C39H69NO2. The van der Waals surface area contributed by atoms with Crippen molar-refractivity contribution >= 4 is 0 Å². The molecule has 0 aliphatic rings. The van der Waals surface area contributed by atoms with Gasteiger partial charge in [-0.15, -0.1) is 0 Å². The molecule has 0 saturated heterocycles. The van der Waals surface area contributed by atoms with Gasteiger partial charge in [-0.2, -0.15) is 0 Å². The Morgan fingerprint density at radius 1 is 0.476 bits per heavy atom. The highest BCUT2D eigenvalue weighted by Crippen LogP contribution is 2.10. The number of rotatable bonds is 31. The first-order valence-electron chi connectivity index (χ1n) is 17.4. The largest absolute Gasteiger partial charge is 0.379 e. The molecular weight excluding hydrogens is 514 g/mol. The Hall–Kier alpha value is -1.68. The van der Waals surface area contributed by atoms with Crippen LogP contribution in [0.3, 0.4) is 0 Å². The van der Waals surface area contributed by atoms with Gasteiger partial charge in [-0.1, -0.05) is 124 Å². The van der Waals surface area contributed by atoms with Crippen LogP contribution in [-0.4, -0.2) is 51.5 Å². The summed E-state index contributed by atoms with van der Waals surface area (Å²) in [6.45, 7) is 7.50. The van der Waals surface area contributed by atoms with Crippen molar-refractivity contribution < 1.29 is 9.47 Å². The number of likely N-dealkylation sites (N-methyl/N-ethyl adjacent to an activating group) is 1. The fraction of sp³-hybridized carbons (Fsp3) is 0.692. The van der Waals surface area contributed by atoms with E-state index in [0.717, 1.165) is 58.3 Å². The number of nitrogens with zero attached hydrogens (tertiary/aromatic N) is 1. The van der Waals surface area contributed by atoms with Crippen LogP contribution in [0, 0.1) is 0 Å². The highest BCUT2D eigenvalue weighted by Gasteiger charge is 2.10. The van der Waals surface area contributed by atoms with Gasteiger partial charge in [0.05, 0.1) is 12.7 Å². The summed E-state index contributed by atoms with van der Waals surface area (Å²) in [5.74, 6) is 0. The average Bonchev–Trinajstić information content (AvgIpc) is 2.98. The van der Waals surface area contributed by atoms with Gasteiger partial charge in [0.25, 0.3) is 0 Å². The van der Waals surface area contributed by atoms with Gasteiger partial charge in [0, 0.05) is 19.8 Å². The van der Waals surface area contributed by atoms with Gasteiger partial charge in [-0.3, -0.25) is 0 Å². The van der Waals surface area contributed by atoms with E-state index in [1.54, 1.807) is 0 Å². The molecule has 42 heavy (non-hydrogen) atoms. The van der Waals surface area contributed by atoms with Crippen LogP contribution in [0.4, 0.5) is 0 Å². The zero-order chi connectivity index (χ0) is 30.6. The van der Waals surface area contributed by atoms with Crippen molar-refractivity contribution in [2.24, 2.45) is 0 Å². The normalized spacial score (nSPS) is 13.6. The number of hydrogen-bond donors (Lipinski definition) is 0. The summed E-state index contributed by atoms with van der Waals surface area (Å²) in [7, 11) is 4.24. The van der Waals surface area contributed by atoms with E-state index in [9.17, 15) is 0 Å². The molecule has 0 rings (SSSR count). The molecule has 3 heteroatoms. The van der Waals surface area contributed by atoms with Gasteiger partial charge in [0.2, 0.25) is 0 Å². The average molecular weight is 584 g/mol. The van der Waals surface area contributed by atoms with Gasteiger partial charge in [0.15, 0.2) is 0 Å². The molecule has 1 atom stereocenters. The third kappa shape index (κ3) is 34.5. The number of unbranched alkanes of at least 4 members (excludes halogenated alkanes) is 12. The quantitative estimate of drug-likeness (QED) is 0.0598. The molecule has 242 valence electrons. The molecule has 0 aromatic rings. The molecule has 0 bridgehead atoms. The van der Waals surface area contributed by atoms with Gasteiger partial charge < -0.3 is 14.4 Å². The Kier molecular flexibility index (Phi) is 34.1. The van der Waals surface area contributed by atoms with E-state index >= 15 is 0 Å². The van der Waals surface area contributed by atoms with E-state index in [-0.39, 0.29) is 6.10 Å². The predicted octanol–water partition coefficient (Wildman–Crippen LogP) is 11.3. The topological polar surface area (TPSA) is 21.7 Å². The Bertz CT molecular complexity index is 701. The lowest BCUT2D eigenvalue weighted by atomic mass is 10.1. The molecule has 0 aromatic heterocycles. The first-order valence-corrected chi connectivity index (χ1v) is 17.4. The highest BCUT2D eigenvalue weighted by atomic mass is 16.5. The number of ether oxygens (including phenoxy) is 2. The molecule has 0 fully saturated rings. The summed E-state index contributed by atoms with van der Waals surface area (Å²) >= 11 is 0. The Morgan fingerprint density at radius 3 is 1.36 bits per heavy atom. The molecule has 0 spiro atoms. The molecule has 0 saturated carbocycles. The van der Waals surface area contributed by atoms with Crippen molar-refractivity contribution in [1.29, 1.82) is 0 Å². The number of allylic oxidation sites excluding steroid dienone is 12. The maximum atomic E-state index is 6.20. The summed E-state index contributed by atoms with van der Waals surface area (Å²) in [5.41, 5.74) is 0. The first-order chi connectivity index (χ1) is 20.7. The fourth-order valence-corrected chi connectivity index (χ4v) is 4.67. The van der Waals surface area contributed by atoms with Gasteiger partial charge in [-0.05, 0) is 92.2 Å². The fourth-order valence-electron chi connectivity index (χ4n) is 4.67. The maximum Gasteiger partial charge on any atom is 0.0934 e. The molecule has 0 aliphatic carbocycles. The predicted molar refractivity (Wildman–Crippen MR) is 188 cm³/mol. The molecule has 0 radical (unpaired) electrons. The van der Waals surface area contributed by atoms with Gasteiger partial charge >= 0.3 is 0 Å². The third-order valence-electron chi connectivity index (χ3n) is 7.13. The third-order valence-corrected chi connectivity index (χ3v) is 7.13. The van der Waals surface area contributed by atoms with E-state index in [0.29, 0.717) is 6.61 Å². The van der Waals surface area contributed by atoms with Crippen LogP contribution >= 0.6 is 0 Å². The van der Waals surface area contributed by atoms with Crippen LogP contribution in [-0.2, 0) is 9.47 Å². The van der Waals surface area contributed by atoms with Crippen LogP contribution in [0.1, 0.15) is 129 Å². The van der Waals surface area contributed by atoms with Crippen LogP contribution in [0.15, 0.2) is 72.9 Å². The van der Waals surface area contributed by atoms with E-state index < -0.39 is 0 Å². The van der Waals surface area contributed by atoms with Crippen LogP contribution in [0.2, 0.25) is 0 Å². The second-order valence-electron chi connectivity index (χ2n) is 11.6. The Labute approximate surface area is 262 Å². The smallest absolute Gasteiger partial charge is 0.0934 e. The number of hydrogen-bond acceptors (Lipinski definition) is 3. The Balaban J connectivity index is 3.60. The molecule has 3 nitrogen and oxygen atoms in total. The highest BCUT2D eigenvalue weighted by molar-refractivity contribution is 4.97. The van der Waals surface area contributed by atoms with Crippen molar-refractivity contribution in [1.82, 2.24) is 4.90 Å². The SMILES string of the molecule is C/C=C\C/C=C\C/C=C\CCCCCCCCOCC(CN(C)C)OCCCCCCCC/C=C\C/C=C\C/C=C\C. The minimum atomic E-state index is 0.182. The summed E-state index contributed by atoms with van der Waals surface area (Å²) in [4.78, 5) is 2.21. The lowest BCUT2D eigenvalue weighted by Crippen LogP contribution is -2.32. The monoisotopic (exact) mass is 584 g/mol.